The molecule has 1 aliphatic rings. The quantitative estimate of drug-likeness (QED) is 0.458. The number of amides is 1. The molecule has 152 valence electrons. The van der Waals surface area contributed by atoms with E-state index >= 15 is 0 Å². The summed E-state index contributed by atoms with van der Waals surface area (Å²) in [4.78, 5) is 13.9. The lowest BCUT2D eigenvalue weighted by Gasteiger charge is -2.33. The summed E-state index contributed by atoms with van der Waals surface area (Å²) in [5, 5.41) is 2.85. The van der Waals surface area contributed by atoms with Crippen LogP contribution in [0.25, 0.3) is 0 Å². The number of nitrogens with one attached hydrogen (secondary N) is 2. The minimum atomic E-state index is -0.172. The topological polar surface area (TPSA) is 62.6 Å². The fourth-order valence-corrected chi connectivity index (χ4v) is 4.14. The van der Waals surface area contributed by atoms with Gasteiger partial charge in [0.1, 0.15) is 32.2 Å². The first-order valence-corrected chi connectivity index (χ1v) is 10.4. The number of guanidine groups is 1. The molecule has 1 saturated heterocycles. The van der Waals surface area contributed by atoms with Gasteiger partial charge in [-0.05, 0) is 12.1 Å². The molecular weight excluding hydrogens is 372 g/mol. The van der Waals surface area contributed by atoms with Crippen molar-refractivity contribution in [3.05, 3.63) is 108 Å². The smallest absolute Gasteiger partial charge is 0.320 e. The Balaban J connectivity index is 1.48. The number of piperazine rings is 1. The van der Waals surface area contributed by atoms with Crippen LogP contribution in [0.1, 0.15) is 27.5 Å². The van der Waals surface area contributed by atoms with Gasteiger partial charge in [0.25, 0.3) is 0 Å². The first-order chi connectivity index (χ1) is 14.7. The number of quaternary nitrogens is 1. The molecule has 4 N–H and O–H groups in total. The Kier molecular flexibility index (Phi) is 6.20. The maximum Gasteiger partial charge on any atom is 0.351 e. The number of nitrogens with zero attached hydrogens (tertiary/aromatic N) is 1. The average molecular weight is 401 g/mol. The normalized spacial score (nSPS) is 16.3. The van der Waals surface area contributed by atoms with Crippen LogP contribution in [-0.2, 0) is 0 Å². The van der Waals surface area contributed by atoms with Crippen LogP contribution in [0.4, 0.5) is 0 Å². The zero-order valence-corrected chi connectivity index (χ0v) is 17.0. The van der Waals surface area contributed by atoms with Crippen LogP contribution in [0.3, 0.4) is 0 Å². The molecule has 1 heterocycles. The molecule has 1 aliphatic heterocycles. The van der Waals surface area contributed by atoms with Crippen LogP contribution in [-0.4, -0.2) is 42.6 Å². The summed E-state index contributed by atoms with van der Waals surface area (Å²) >= 11 is 0. The zero-order chi connectivity index (χ0) is 20.8. The molecule has 0 spiro atoms. The third kappa shape index (κ3) is 4.58. The molecule has 4 rings (SSSR count). The Labute approximate surface area is 177 Å². The van der Waals surface area contributed by atoms with Crippen molar-refractivity contribution in [2.24, 2.45) is 5.73 Å². The van der Waals surface area contributed by atoms with E-state index in [0.29, 0.717) is 11.5 Å². The average Bonchev–Trinajstić information content (AvgIpc) is 2.81. The number of nitrogens with two attached hydrogens (primary N) is 1. The molecule has 1 amide bonds. The van der Waals surface area contributed by atoms with E-state index in [-0.39, 0.29) is 11.9 Å². The fourth-order valence-electron chi connectivity index (χ4n) is 4.14. The molecule has 0 bridgehead atoms. The second-order valence-electron chi connectivity index (χ2n) is 7.61. The predicted octanol–water partition coefficient (Wildman–Crippen LogP) is 1.43. The van der Waals surface area contributed by atoms with Crippen molar-refractivity contribution in [2.75, 3.05) is 26.2 Å². The molecule has 0 saturated carbocycles. The highest BCUT2D eigenvalue weighted by Crippen LogP contribution is 2.19. The Morgan fingerprint density at radius 2 is 1.27 bits per heavy atom. The van der Waals surface area contributed by atoms with Gasteiger partial charge in [-0.1, -0.05) is 78.9 Å². The van der Waals surface area contributed by atoms with Crippen LogP contribution in [0.2, 0.25) is 0 Å². The van der Waals surface area contributed by atoms with E-state index in [0.717, 1.165) is 26.2 Å². The monoisotopic (exact) mass is 400 g/mol. The number of hydrogen-bond donors (Lipinski definition) is 3. The number of hydrogen-bond acceptors (Lipinski definition) is 1. The van der Waals surface area contributed by atoms with Crippen molar-refractivity contribution in [3.8, 4) is 0 Å². The van der Waals surface area contributed by atoms with E-state index in [1.54, 1.807) is 12.1 Å². The van der Waals surface area contributed by atoms with Crippen molar-refractivity contribution >= 4 is 11.9 Å². The van der Waals surface area contributed by atoms with E-state index in [4.69, 9.17) is 5.73 Å². The minimum absolute atomic E-state index is 0.172. The molecule has 0 aromatic heterocycles. The molecule has 1 fully saturated rings. The summed E-state index contributed by atoms with van der Waals surface area (Å²) in [6, 6.07) is 30.8. The first kappa shape index (κ1) is 19.9. The second kappa shape index (κ2) is 9.37. The van der Waals surface area contributed by atoms with Gasteiger partial charge in [-0.2, -0.15) is 0 Å². The Hall–Kier alpha value is -3.44. The minimum Gasteiger partial charge on any atom is -0.320 e. The second-order valence-corrected chi connectivity index (χ2v) is 7.61. The molecule has 5 heteroatoms. The summed E-state index contributed by atoms with van der Waals surface area (Å²) in [5.41, 5.74) is 9.48. The molecule has 5 nitrogen and oxygen atoms in total. The van der Waals surface area contributed by atoms with Crippen molar-refractivity contribution < 1.29 is 14.3 Å². The number of carbonyl (C=O) groups excluding carboxylic acids is 1. The maximum atomic E-state index is 12.4. The summed E-state index contributed by atoms with van der Waals surface area (Å²) in [7, 11) is 0. The number of rotatable bonds is 4. The third-order valence-corrected chi connectivity index (χ3v) is 5.70. The summed E-state index contributed by atoms with van der Waals surface area (Å²) in [5.74, 6) is 0.258. The third-order valence-electron chi connectivity index (χ3n) is 5.70. The van der Waals surface area contributed by atoms with Crippen molar-refractivity contribution in [1.29, 1.82) is 0 Å². The van der Waals surface area contributed by atoms with Crippen LogP contribution >= 0.6 is 0 Å². The standard InChI is InChI=1S/C25H26N4O/c26-25(27-24(30)22-14-8-3-9-15-22)29-18-16-28(17-19-29)23(20-10-4-1-5-11-20)21-12-6-2-7-13-21/h1-15,23H,16-19H2,(H2,26,27,30)/p+2. The van der Waals surface area contributed by atoms with Crippen LogP contribution in [0.15, 0.2) is 91.0 Å². The van der Waals surface area contributed by atoms with Crippen LogP contribution in [0, 0.1) is 0 Å². The zero-order valence-electron chi connectivity index (χ0n) is 17.0. The Bertz CT molecular complexity index is 954. The highest BCUT2D eigenvalue weighted by atomic mass is 16.1. The van der Waals surface area contributed by atoms with Gasteiger partial charge < -0.3 is 4.90 Å². The lowest BCUT2D eigenvalue weighted by molar-refractivity contribution is -0.954. The lowest BCUT2D eigenvalue weighted by Crippen LogP contribution is -3.15. The number of benzene rings is 3. The molecule has 0 radical (unpaired) electrons. The molecule has 0 aliphatic carbocycles. The van der Waals surface area contributed by atoms with Gasteiger partial charge in [0, 0.05) is 11.1 Å². The van der Waals surface area contributed by atoms with Crippen molar-refractivity contribution in [1.82, 2.24) is 5.32 Å². The highest BCUT2D eigenvalue weighted by Gasteiger charge is 2.30. The van der Waals surface area contributed by atoms with Gasteiger partial charge >= 0.3 is 11.9 Å². The molecule has 3 aromatic carbocycles. The first-order valence-electron chi connectivity index (χ1n) is 10.4. The SMILES string of the molecule is NC(NC(=O)c1ccccc1)=[N+]1CC[NH+](C(c2ccccc2)c2ccccc2)CC1. The predicted molar refractivity (Wildman–Crippen MR) is 119 cm³/mol. The highest BCUT2D eigenvalue weighted by molar-refractivity contribution is 6.03. The van der Waals surface area contributed by atoms with Gasteiger partial charge in [0.15, 0.2) is 0 Å². The lowest BCUT2D eigenvalue weighted by atomic mass is 9.96. The molecule has 30 heavy (non-hydrogen) atoms. The molecule has 0 atom stereocenters. The van der Waals surface area contributed by atoms with Crippen LogP contribution in [0.5, 0.6) is 0 Å². The van der Waals surface area contributed by atoms with Crippen LogP contribution < -0.4 is 16.0 Å². The van der Waals surface area contributed by atoms with Gasteiger partial charge in [-0.3, -0.25) is 15.1 Å². The molecule has 0 unspecified atom stereocenters. The van der Waals surface area contributed by atoms with Gasteiger partial charge in [-0.15, -0.1) is 0 Å². The van der Waals surface area contributed by atoms with Gasteiger partial charge in [0.2, 0.25) is 0 Å². The van der Waals surface area contributed by atoms with Crippen molar-refractivity contribution in [2.45, 2.75) is 6.04 Å². The van der Waals surface area contributed by atoms with Gasteiger partial charge in [0.05, 0.1) is 5.56 Å². The Morgan fingerprint density at radius 3 is 1.77 bits per heavy atom. The van der Waals surface area contributed by atoms with E-state index in [2.05, 4.69) is 70.6 Å². The van der Waals surface area contributed by atoms with E-state index in [9.17, 15) is 4.79 Å². The summed E-state index contributed by atoms with van der Waals surface area (Å²) < 4.78 is 2.07. The van der Waals surface area contributed by atoms with E-state index < -0.39 is 0 Å². The number of carbonyl (C=O) groups is 1. The summed E-state index contributed by atoms with van der Waals surface area (Å²) in [6.07, 6.45) is 0. The fraction of sp³-hybridized carbons (Fsp3) is 0.200. The van der Waals surface area contributed by atoms with Gasteiger partial charge in [-0.25, -0.2) is 5.32 Å². The van der Waals surface area contributed by atoms with Crippen molar-refractivity contribution in [3.63, 3.8) is 0 Å². The molecular formula is C25H28N4O+2. The summed E-state index contributed by atoms with van der Waals surface area (Å²) in [6.45, 7) is 3.48. The Morgan fingerprint density at radius 1 is 0.800 bits per heavy atom. The maximum absolute atomic E-state index is 12.4. The van der Waals surface area contributed by atoms with E-state index in [1.807, 2.05) is 18.2 Å². The van der Waals surface area contributed by atoms with E-state index in [1.165, 1.54) is 16.0 Å². The largest absolute Gasteiger partial charge is 0.351 e. The molecule has 3 aromatic rings.